The summed E-state index contributed by atoms with van der Waals surface area (Å²) in [6, 6.07) is 17.3. The molecular formula is C35H38N6O5S. The van der Waals surface area contributed by atoms with E-state index in [-0.39, 0.29) is 42.2 Å². The van der Waals surface area contributed by atoms with Gasteiger partial charge in [-0.1, -0.05) is 74.5 Å². The van der Waals surface area contributed by atoms with Crippen LogP contribution in [0.1, 0.15) is 82.3 Å². The summed E-state index contributed by atoms with van der Waals surface area (Å²) in [6.45, 7) is 5.54. The summed E-state index contributed by atoms with van der Waals surface area (Å²) in [6.07, 6.45) is 5.32. The van der Waals surface area contributed by atoms with Gasteiger partial charge in [0.2, 0.25) is 17.7 Å². The number of carbonyl (C=O) groups is 4. The number of nitrogens with zero attached hydrogens (tertiary/aromatic N) is 3. The SMILES string of the molecule is CC(C)C[C@@H]1CN(C(=O)C=Cc2ccccc2)CC(=O)N[C@H](Cc2ccccc2)c2nc(cs2)C(=O)N[C@H](C)c2nc(co2)C(=O)N1. The number of hydrogen-bond acceptors (Lipinski definition) is 8. The summed E-state index contributed by atoms with van der Waals surface area (Å²) in [5, 5.41) is 11.0. The van der Waals surface area contributed by atoms with Crippen LogP contribution in [-0.4, -0.2) is 57.6 Å². The van der Waals surface area contributed by atoms with Gasteiger partial charge in [-0.25, -0.2) is 9.97 Å². The van der Waals surface area contributed by atoms with Gasteiger partial charge < -0.3 is 25.3 Å². The molecule has 0 unspecified atom stereocenters. The molecule has 1 aliphatic heterocycles. The van der Waals surface area contributed by atoms with E-state index in [1.165, 1.54) is 28.6 Å². The molecule has 2 aromatic heterocycles. The monoisotopic (exact) mass is 654 g/mol. The molecule has 5 rings (SSSR count). The minimum Gasteiger partial charge on any atom is -0.446 e. The Morgan fingerprint density at radius 3 is 2.40 bits per heavy atom. The van der Waals surface area contributed by atoms with Crippen LogP contribution in [0.2, 0.25) is 0 Å². The van der Waals surface area contributed by atoms with E-state index in [1.807, 2.05) is 74.5 Å². The van der Waals surface area contributed by atoms with E-state index in [2.05, 4.69) is 25.9 Å². The van der Waals surface area contributed by atoms with Gasteiger partial charge in [0, 0.05) is 24.0 Å². The Morgan fingerprint density at radius 1 is 0.979 bits per heavy atom. The number of hydrogen-bond donors (Lipinski definition) is 3. The van der Waals surface area contributed by atoms with Gasteiger partial charge in [-0.2, -0.15) is 0 Å². The predicted octanol–water partition coefficient (Wildman–Crippen LogP) is 4.72. The molecule has 0 radical (unpaired) electrons. The largest absolute Gasteiger partial charge is 0.446 e. The molecule has 3 N–H and O–H groups in total. The average molecular weight is 655 g/mol. The summed E-state index contributed by atoms with van der Waals surface area (Å²) in [5.41, 5.74) is 2.01. The fraction of sp³-hybridized carbons (Fsp3) is 0.314. The summed E-state index contributed by atoms with van der Waals surface area (Å²) in [4.78, 5) is 64.2. The Balaban J connectivity index is 1.50. The molecular weight excluding hydrogens is 616 g/mol. The number of rotatable bonds is 6. The van der Waals surface area contributed by atoms with Crippen molar-refractivity contribution in [3.8, 4) is 0 Å². The highest BCUT2D eigenvalue weighted by Gasteiger charge is 2.28. The second-order valence-electron chi connectivity index (χ2n) is 11.9. The summed E-state index contributed by atoms with van der Waals surface area (Å²) >= 11 is 1.26. The van der Waals surface area contributed by atoms with Crippen molar-refractivity contribution >= 4 is 41.0 Å². The summed E-state index contributed by atoms with van der Waals surface area (Å²) in [5.74, 6) is -1.40. The number of carbonyl (C=O) groups excluding carboxylic acids is 4. The number of nitrogens with one attached hydrogen (secondary N) is 3. The van der Waals surface area contributed by atoms with Gasteiger partial charge in [0.25, 0.3) is 11.8 Å². The molecule has 0 spiro atoms. The minimum absolute atomic E-state index is 0.0373. The van der Waals surface area contributed by atoms with Gasteiger partial charge in [-0.3, -0.25) is 19.2 Å². The molecule has 0 saturated heterocycles. The molecule has 4 bridgehead atoms. The van der Waals surface area contributed by atoms with E-state index < -0.39 is 35.8 Å². The van der Waals surface area contributed by atoms with Gasteiger partial charge in [0.15, 0.2) is 5.69 Å². The first-order chi connectivity index (χ1) is 22.6. The van der Waals surface area contributed by atoms with Crippen molar-refractivity contribution in [1.82, 2.24) is 30.8 Å². The van der Waals surface area contributed by atoms with Gasteiger partial charge >= 0.3 is 0 Å². The lowest BCUT2D eigenvalue weighted by Crippen LogP contribution is -2.49. The highest BCUT2D eigenvalue weighted by Crippen LogP contribution is 2.24. The van der Waals surface area contributed by atoms with Gasteiger partial charge in [0.05, 0.1) is 12.6 Å². The van der Waals surface area contributed by atoms with E-state index in [0.29, 0.717) is 17.8 Å². The highest BCUT2D eigenvalue weighted by atomic mass is 32.1. The highest BCUT2D eigenvalue weighted by molar-refractivity contribution is 7.09. The second-order valence-corrected chi connectivity index (χ2v) is 12.8. The molecule has 2 aromatic carbocycles. The number of amides is 4. The molecule has 3 heterocycles. The number of oxazole rings is 1. The first kappa shape index (κ1) is 33.3. The lowest BCUT2D eigenvalue weighted by atomic mass is 10.0. The van der Waals surface area contributed by atoms with Crippen molar-refractivity contribution in [3.05, 3.63) is 112 Å². The Hall–Kier alpha value is -5.10. The van der Waals surface area contributed by atoms with Crippen molar-refractivity contribution in [3.63, 3.8) is 0 Å². The topological polar surface area (TPSA) is 147 Å². The van der Waals surface area contributed by atoms with E-state index in [4.69, 9.17) is 4.42 Å². The van der Waals surface area contributed by atoms with Crippen LogP contribution in [-0.2, 0) is 16.0 Å². The first-order valence-corrected chi connectivity index (χ1v) is 16.4. The maximum Gasteiger partial charge on any atom is 0.273 e. The molecule has 4 amide bonds. The number of thiazole rings is 1. The van der Waals surface area contributed by atoms with Crippen molar-refractivity contribution in [2.24, 2.45) is 5.92 Å². The van der Waals surface area contributed by atoms with Crippen molar-refractivity contribution in [2.45, 2.75) is 51.7 Å². The van der Waals surface area contributed by atoms with E-state index >= 15 is 0 Å². The fourth-order valence-corrected chi connectivity index (χ4v) is 6.13. The number of benzene rings is 2. The van der Waals surface area contributed by atoms with Crippen molar-refractivity contribution < 1.29 is 23.6 Å². The molecule has 11 nitrogen and oxygen atoms in total. The van der Waals surface area contributed by atoms with E-state index in [1.54, 1.807) is 18.4 Å². The Kier molecular flexibility index (Phi) is 10.9. The molecule has 47 heavy (non-hydrogen) atoms. The van der Waals surface area contributed by atoms with Crippen LogP contribution in [0, 0.1) is 5.92 Å². The van der Waals surface area contributed by atoms with Crippen LogP contribution < -0.4 is 16.0 Å². The Bertz CT molecular complexity index is 1720. The second kappa shape index (κ2) is 15.5. The fourth-order valence-electron chi connectivity index (χ4n) is 5.28. The van der Waals surface area contributed by atoms with Crippen molar-refractivity contribution in [2.75, 3.05) is 13.1 Å². The molecule has 1 aliphatic rings. The third-order valence-corrected chi connectivity index (χ3v) is 8.50. The lowest BCUT2D eigenvalue weighted by Gasteiger charge is -2.29. The average Bonchev–Trinajstić information content (AvgIpc) is 3.75. The van der Waals surface area contributed by atoms with Crippen LogP contribution in [0.3, 0.4) is 0 Å². The lowest BCUT2D eigenvalue weighted by molar-refractivity contribution is -0.133. The maximum atomic E-state index is 13.7. The summed E-state index contributed by atoms with van der Waals surface area (Å²) in [7, 11) is 0. The smallest absolute Gasteiger partial charge is 0.273 e. The molecule has 0 aliphatic carbocycles. The maximum absolute atomic E-state index is 13.7. The Labute approximate surface area is 277 Å². The van der Waals surface area contributed by atoms with Crippen LogP contribution >= 0.6 is 11.3 Å². The molecule has 4 aromatic rings. The zero-order valence-corrected chi connectivity index (χ0v) is 27.3. The zero-order chi connectivity index (χ0) is 33.3. The van der Waals surface area contributed by atoms with E-state index in [9.17, 15) is 19.2 Å². The quantitative estimate of drug-likeness (QED) is 0.255. The molecule has 0 fully saturated rings. The van der Waals surface area contributed by atoms with Gasteiger partial charge in [-0.05, 0) is 42.9 Å². The van der Waals surface area contributed by atoms with Gasteiger partial charge in [-0.15, -0.1) is 11.3 Å². The summed E-state index contributed by atoms with van der Waals surface area (Å²) < 4.78 is 5.56. The van der Waals surface area contributed by atoms with Crippen molar-refractivity contribution in [1.29, 1.82) is 0 Å². The van der Waals surface area contributed by atoms with Crippen LogP contribution in [0.5, 0.6) is 0 Å². The zero-order valence-electron chi connectivity index (χ0n) is 26.5. The third-order valence-electron chi connectivity index (χ3n) is 7.54. The molecule has 3 atom stereocenters. The predicted molar refractivity (Wildman–Crippen MR) is 178 cm³/mol. The number of aromatic nitrogens is 2. The molecule has 244 valence electrons. The molecule has 12 heteroatoms. The standard InChI is InChI=1S/C35H38N6O5S/c1-22(2)16-26-18-41(31(43)15-14-24-10-6-4-7-11-24)19-30(42)38-27(17-25-12-8-5-9-13-25)35-40-29(21-47-35)33(45)36-23(3)34-39-28(20-46-34)32(44)37-26/h4-15,20-23,26-27H,16-19H2,1-3H3,(H,36,45)(H,37,44)(H,38,42)/t23-,26-,27-/m1/s1. The van der Waals surface area contributed by atoms with Gasteiger partial charge in [0.1, 0.15) is 23.0 Å². The van der Waals surface area contributed by atoms with Crippen LogP contribution in [0.4, 0.5) is 0 Å². The van der Waals surface area contributed by atoms with E-state index in [0.717, 1.165) is 11.1 Å². The van der Waals surface area contributed by atoms with Crippen LogP contribution in [0.15, 0.2) is 82.8 Å². The minimum atomic E-state index is -0.649. The number of fused-ring (bicyclic) bond motifs is 4. The molecule has 0 saturated carbocycles. The normalized spacial score (nSPS) is 19.5. The third kappa shape index (κ3) is 9.23. The Morgan fingerprint density at radius 2 is 1.68 bits per heavy atom. The first-order valence-electron chi connectivity index (χ1n) is 15.5. The van der Waals surface area contributed by atoms with Crippen LogP contribution in [0.25, 0.3) is 6.08 Å².